The average molecular weight is 443 g/mol. The van der Waals surface area contributed by atoms with Crippen LogP contribution in [-0.2, 0) is 0 Å². The quantitative estimate of drug-likeness (QED) is 0.399. The second kappa shape index (κ2) is 9.61. The summed E-state index contributed by atoms with van der Waals surface area (Å²) in [6.45, 7) is 2.09. The van der Waals surface area contributed by atoms with Crippen LogP contribution in [0.25, 0.3) is 5.32 Å². The van der Waals surface area contributed by atoms with Crippen LogP contribution >= 0.6 is 0 Å². The molecule has 0 spiro atoms. The molecule has 1 aliphatic heterocycles. The molecule has 0 aliphatic carbocycles. The van der Waals surface area contributed by atoms with Gasteiger partial charge in [-0.05, 0) is 30.2 Å². The number of ether oxygens (including phenoxy) is 2. The fourth-order valence-electron chi connectivity index (χ4n) is 3.50. The number of aromatic hydroxyl groups is 1. The molecule has 0 bridgehead atoms. The van der Waals surface area contributed by atoms with Crippen LogP contribution < -0.4 is 44.5 Å². The summed E-state index contributed by atoms with van der Waals surface area (Å²) < 4.78 is 10.7. The van der Waals surface area contributed by atoms with Crippen molar-refractivity contribution >= 4 is 23.0 Å². The van der Waals surface area contributed by atoms with E-state index in [-0.39, 0.29) is 60.1 Å². The van der Waals surface area contributed by atoms with Crippen molar-refractivity contribution < 1.29 is 38.2 Å². The molecule has 4 rings (SSSR count). The van der Waals surface area contributed by atoms with Gasteiger partial charge in [-0.2, -0.15) is 0 Å². The van der Waals surface area contributed by atoms with Gasteiger partial charge in [0, 0.05) is 14.1 Å². The number of amides is 1. The van der Waals surface area contributed by atoms with Crippen LogP contribution in [0.1, 0.15) is 35.3 Å². The summed E-state index contributed by atoms with van der Waals surface area (Å²) in [6, 6.07) is 9.68. The van der Waals surface area contributed by atoms with Crippen LogP contribution in [0, 0.1) is 0 Å². The number of anilines is 1. The first-order valence-corrected chi connectivity index (χ1v) is 10.1. The third-order valence-electron chi connectivity index (χ3n) is 5.29. The van der Waals surface area contributed by atoms with Gasteiger partial charge in [0.25, 0.3) is 5.91 Å². The van der Waals surface area contributed by atoms with Crippen LogP contribution in [0.5, 0.6) is 17.2 Å². The van der Waals surface area contributed by atoms with E-state index in [4.69, 9.17) is 9.47 Å². The predicted octanol–water partition coefficient (Wildman–Crippen LogP) is 0.323. The summed E-state index contributed by atoms with van der Waals surface area (Å²) in [5.74, 6) is 0.505. The third-order valence-corrected chi connectivity index (χ3v) is 5.29. The molecule has 10 heteroatoms. The van der Waals surface area contributed by atoms with E-state index in [2.05, 4.69) is 10.6 Å². The van der Waals surface area contributed by atoms with E-state index < -0.39 is 16.8 Å². The van der Waals surface area contributed by atoms with Crippen LogP contribution in [-0.4, -0.2) is 36.8 Å². The van der Waals surface area contributed by atoms with Crippen molar-refractivity contribution in [1.29, 1.82) is 0 Å². The normalized spacial score (nSPS) is 12.7. The van der Waals surface area contributed by atoms with E-state index in [0.29, 0.717) is 17.9 Å². The number of fused-ring (bicyclic) bond motifs is 1. The fraction of sp³-hybridized carbons (Fsp3) is 0.261. The Morgan fingerprint density at radius 1 is 1.15 bits per heavy atom. The predicted molar refractivity (Wildman–Crippen MR) is 119 cm³/mol. The summed E-state index contributed by atoms with van der Waals surface area (Å²) in [5.41, 5.74) is -0.501. The molecular formula is C23H22LiN3O6. The smallest absolute Gasteiger partial charge is 0.650 e. The summed E-state index contributed by atoms with van der Waals surface area (Å²) >= 11 is 0. The molecule has 1 atom stereocenters. The number of rotatable bonds is 7. The third kappa shape index (κ3) is 4.42. The Bertz CT molecular complexity index is 1270. The summed E-state index contributed by atoms with van der Waals surface area (Å²) in [7, 11) is 3.12. The number of phenols is 1. The molecule has 3 aromatic carbocycles. The number of benzene rings is 2. The number of para-hydroxylation sites is 1. The largest absolute Gasteiger partial charge is 1.00 e. The van der Waals surface area contributed by atoms with Gasteiger partial charge >= 0.3 is 18.9 Å². The molecule has 2 N–H and O–H groups in total. The topological polar surface area (TPSA) is 119 Å². The first-order valence-electron chi connectivity index (χ1n) is 10.1. The standard InChI is InChI=1S/C23H23N3O6.Li/c1-4-14(12-8-9-16-17(10-12)32-11-31-16)24-18-19(22(29)21(18)28)25-15-7-5-6-13(20(15)27)23(30)26(2)3;/h5-10,14H,4,11H2,1-3H3,(H3,24,25,27,28,29,30);/q;+1/p-1. The maximum Gasteiger partial charge on any atom is 1.00 e. The minimum absolute atomic E-state index is 0. The van der Waals surface area contributed by atoms with E-state index in [1.165, 1.54) is 17.0 Å². The Hall–Kier alpha value is -3.41. The Morgan fingerprint density at radius 3 is 2.58 bits per heavy atom. The van der Waals surface area contributed by atoms with E-state index in [1.54, 1.807) is 26.2 Å². The molecule has 0 saturated heterocycles. The molecule has 33 heavy (non-hydrogen) atoms. The molecule has 0 aromatic heterocycles. The number of nitrogens with zero attached hydrogens (tertiary/aromatic N) is 2. The first-order chi connectivity index (χ1) is 15.3. The second-order valence-electron chi connectivity index (χ2n) is 7.58. The fourth-order valence-corrected chi connectivity index (χ4v) is 3.50. The first kappa shape index (κ1) is 24.2. The van der Waals surface area contributed by atoms with Crippen molar-refractivity contribution in [2.75, 3.05) is 26.2 Å². The SMILES string of the molecule is CCC(Nc1c([N-]c2cccc(C(=O)N(C)C)c2O)c(=O)c1=O)c1ccc2c(c1)OCO2.[Li+]. The molecule has 0 fully saturated rings. The second-order valence-corrected chi connectivity index (χ2v) is 7.58. The number of carbonyl (C=O) groups is 1. The van der Waals surface area contributed by atoms with Crippen LogP contribution in [0.4, 0.5) is 17.1 Å². The van der Waals surface area contributed by atoms with Gasteiger partial charge in [0.2, 0.25) is 17.7 Å². The molecule has 1 amide bonds. The molecule has 1 unspecified atom stereocenters. The molecular weight excluding hydrogens is 421 g/mol. The van der Waals surface area contributed by atoms with Crippen molar-refractivity contribution in [3.63, 3.8) is 0 Å². The maximum atomic E-state index is 12.3. The molecule has 0 saturated carbocycles. The van der Waals surface area contributed by atoms with E-state index in [0.717, 1.165) is 5.56 Å². The zero-order valence-corrected chi connectivity index (χ0v) is 18.8. The Labute approximate surface area is 202 Å². The van der Waals surface area contributed by atoms with Crippen molar-refractivity contribution in [2.45, 2.75) is 19.4 Å². The minimum Gasteiger partial charge on any atom is -0.650 e. The molecule has 1 heterocycles. The monoisotopic (exact) mass is 443 g/mol. The molecule has 3 aromatic rings. The molecule has 9 nitrogen and oxygen atoms in total. The summed E-state index contributed by atoms with van der Waals surface area (Å²) in [4.78, 5) is 38.1. The zero-order valence-electron chi connectivity index (χ0n) is 18.8. The van der Waals surface area contributed by atoms with Crippen LogP contribution in [0.15, 0.2) is 46.0 Å². The van der Waals surface area contributed by atoms with Gasteiger partial charge in [0.1, 0.15) is 5.75 Å². The van der Waals surface area contributed by atoms with E-state index in [1.807, 2.05) is 19.1 Å². The van der Waals surface area contributed by atoms with Gasteiger partial charge < -0.3 is 30.1 Å². The zero-order chi connectivity index (χ0) is 23.0. The van der Waals surface area contributed by atoms with Gasteiger partial charge in [-0.1, -0.05) is 36.5 Å². The van der Waals surface area contributed by atoms with Crippen LogP contribution in [0.3, 0.4) is 0 Å². The number of nitrogens with one attached hydrogen (secondary N) is 1. The number of hydrogen-bond donors (Lipinski definition) is 2. The Balaban J connectivity index is 0.00000306. The Morgan fingerprint density at radius 2 is 1.88 bits per heavy atom. The van der Waals surface area contributed by atoms with Crippen molar-refractivity contribution in [3.05, 3.63) is 73.3 Å². The molecule has 0 radical (unpaired) electrons. The van der Waals surface area contributed by atoms with Gasteiger partial charge in [-0.3, -0.25) is 14.4 Å². The van der Waals surface area contributed by atoms with Crippen LogP contribution in [0.2, 0.25) is 0 Å². The Kier molecular flexibility index (Phi) is 7.06. The minimum atomic E-state index is -0.753. The van der Waals surface area contributed by atoms with Gasteiger partial charge in [0.05, 0.1) is 17.3 Å². The summed E-state index contributed by atoms with van der Waals surface area (Å²) in [5, 5.41) is 17.8. The maximum absolute atomic E-state index is 12.3. The summed E-state index contributed by atoms with van der Waals surface area (Å²) in [6.07, 6.45) is 0.621. The molecule has 166 valence electrons. The van der Waals surface area contributed by atoms with Gasteiger partial charge in [0.15, 0.2) is 11.5 Å². The van der Waals surface area contributed by atoms with Gasteiger partial charge in [-0.25, -0.2) is 0 Å². The van der Waals surface area contributed by atoms with Gasteiger partial charge in [-0.15, -0.1) is 0 Å². The number of phenolic OH excluding ortho intramolecular Hbond substituents is 1. The average Bonchev–Trinajstić information content (AvgIpc) is 3.26. The van der Waals surface area contributed by atoms with Crippen molar-refractivity contribution in [2.24, 2.45) is 0 Å². The van der Waals surface area contributed by atoms with E-state index >= 15 is 0 Å². The molecule has 1 aliphatic rings. The number of carbonyl (C=O) groups excluding carboxylic acids is 1. The number of hydrogen-bond acceptors (Lipinski definition) is 7. The van der Waals surface area contributed by atoms with E-state index in [9.17, 15) is 19.5 Å². The van der Waals surface area contributed by atoms with Crippen molar-refractivity contribution in [1.82, 2.24) is 4.90 Å². The van der Waals surface area contributed by atoms with Crippen molar-refractivity contribution in [3.8, 4) is 17.2 Å².